The van der Waals surface area contributed by atoms with E-state index in [2.05, 4.69) is 26.8 Å². The maximum Gasteiger partial charge on any atom is 0.316 e. The summed E-state index contributed by atoms with van der Waals surface area (Å²) in [6.45, 7) is 12.3. The van der Waals surface area contributed by atoms with Crippen LogP contribution >= 0.6 is 0 Å². The predicted molar refractivity (Wildman–Crippen MR) is 158 cm³/mol. The molecule has 232 valence electrons. The highest BCUT2D eigenvalue weighted by atomic mass is 16.7. The van der Waals surface area contributed by atoms with Gasteiger partial charge in [0.2, 0.25) is 0 Å². The van der Waals surface area contributed by atoms with E-state index in [-0.39, 0.29) is 36.6 Å². The number of allylic oxidation sites excluding steroid dienone is 2. The zero-order valence-electron chi connectivity index (χ0n) is 26.0. The maximum atomic E-state index is 14.0. The minimum atomic E-state index is -1.64. The van der Waals surface area contributed by atoms with E-state index in [1.807, 2.05) is 45.1 Å². The van der Waals surface area contributed by atoms with Crippen LogP contribution in [0.25, 0.3) is 0 Å². The van der Waals surface area contributed by atoms with Crippen molar-refractivity contribution in [2.75, 3.05) is 13.7 Å². The number of methoxy groups -OCH3 is 1. The Morgan fingerprint density at radius 1 is 1.07 bits per heavy atom. The van der Waals surface area contributed by atoms with Crippen LogP contribution < -0.4 is 0 Å². The van der Waals surface area contributed by atoms with Crippen LogP contribution in [0.5, 0.6) is 0 Å². The molecule has 5 aliphatic rings. The normalized spacial score (nSPS) is 47.6. The summed E-state index contributed by atoms with van der Waals surface area (Å²) in [5, 5.41) is 23.3. The molecule has 0 aromatic carbocycles. The third-order valence-electron chi connectivity index (χ3n) is 9.73. The van der Waals surface area contributed by atoms with Gasteiger partial charge in [0.15, 0.2) is 5.79 Å². The summed E-state index contributed by atoms with van der Waals surface area (Å²) in [4.78, 5) is 14.0. The average Bonchev–Trinajstić information content (AvgIpc) is 3.28. The summed E-state index contributed by atoms with van der Waals surface area (Å²) in [6, 6.07) is 0. The van der Waals surface area contributed by atoms with Gasteiger partial charge < -0.3 is 33.9 Å². The summed E-state index contributed by atoms with van der Waals surface area (Å²) in [5.41, 5.74) is 0.589. The molecule has 8 heteroatoms. The molecule has 0 aromatic heterocycles. The summed E-state index contributed by atoms with van der Waals surface area (Å²) in [7, 11) is 1.58. The summed E-state index contributed by atoms with van der Waals surface area (Å²) in [5.74, 6) is -2.19. The predicted octanol–water partition coefficient (Wildman–Crippen LogP) is 4.57. The first kappa shape index (κ1) is 31.4. The zero-order valence-corrected chi connectivity index (χ0v) is 26.0. The highest BCUT2D eigenvalue weighted by Gasteiger charge is 2.60. The molecule has 0 aromatic rings. The first-order valence-corrected chi connectivity index (χ1v) is 15.4. The Kier molecular flexibility index (Phi) is 9.06. The van der Waals surface area contributed by atoms with Crippen molar-refractivity contribution >= 4 is 5.97 Å². The number of aliphatic hydroxyl groups is 2. The number of fused-ring (bicyclic) bond motifs is 2. The Hall–Kier alpha value is -2.07. The molecular weight excluding hydrogens is 536 g/mol. The Bertz CT molecular complexity index is 1180. The quantitative estimate of drug-likeness (QED) is 0.360. The van der Waals surface area contributed by atoms with Crippen molar-refractivity contribution in [3.05, 3.63) is 59.3 Å². The molecule has 5 rings (SSSR count). The van der Waals surface area contributed by atoms with E-state index in [4.69, 9.17) is 23.7 Å². The van der Waals surface area contributed by atoms with Gasteiger partial charge in [0.25, 0.3) is 0 Å². The summed E-state index contributed by atoms with van der Waals surface area (Å²) < 4.78 is 31.4. The van der Waals surface area contributed by atoms with Crippen LogP contribution in [-0.4, -0.2) is 77.9 Å². The smallest absolute Gasteiger partial charge is 0.316 e. The molecule has 8 nitrogen and oxygen atoms in total. The second-order valence-corrected chi connectivity index (χ2v) is 13.3. The Balaban J connectivity index is 1.56. The molecule has 0 saturated carbocycles. The van der Waals surface area contributed by atoms with E-state index >= 15 is 0 Å². The van der Waals surface area contributed by atoms with Gasteiger partial charge in [-0.15, -0.1) is 0 Å². The zero-order chi connectivity index (χ0) is 30.4. The van der Waals surface area contributed by atoms with E-state index in [0.29, 0.717) is 24.8 Å². The number of ether oxygens (including phenoxy) is 5. The average molecular weight is 585 g/mol. The number of carbonyl (C=O) groups is 1. The molecule has 2 fully saturated rings. The minimum absolute atomic E-state index is 0.0468. The van der Waals surface area contributed by atoms with E-state index in [1.165, 1.54) is 0 Å². The van der Waals surface area contributed by atoms with Gasteiger partial charge in [-0.05, 0) is 49.0 Å². The van der Waals surface area contributed by atoms with Crippen molar-refractivity contribution < 1.29 is 38.7 Å². The first-order chi connectivity index (χ1) is 19.9. The van der Waals surface area contributed by atoms with Crippen LogP contribution in [-0.2, 0) is 28.5 Å². The van der Waals surface area contributed by atoms with E-state index in [9.17, 15) is 15.0 Å². The van der Waals surface area contributed by atoms with Gasteiger partial charge in [-0.3, -0.25) is 4.79 Å². The molecule has 4 heterocycles. The fourth-order valence-corrected chi connectivity index (χ4v) is 7.32. The number of carbonyl (C=O) groups excluding carboxylic acids is 1. The lowest BCUT2D eigenvalue weighted by atomic mass is 9.70. The molecule has 1 unspecified atom stereocenters. The van der Waals surface area contributed by atoms with E-state index in [0.717, 1.165) is 11.1 Å². The molecule has 2 bridgehead atoms. The number of aliphatic hydroxyl groups excluding tert-OH is 1. The van der Waals surface area contributed by atoms with Crippen molar-refractivity contribution in [3.63, 3.8) is 0 Å². The Morgan fingerprint density at radius 3 is 2.55 bits per heavy atom. The molecule has 0 radical (unpaired) electrons. The molecule has 0 amide bonds. The van der Waals surface area contributed by atoms with Gasteiger partial charge in [-0.25, -0.2) is 0 Å². The molecular formula is C34H48O8. The van der Waals surface area contributed by atoms with E-state index in [1.54, 1.807) is 19.3 Å². The van der Waals surface area contributed by atoms with Crippen LogP contribution in [0.3, 0.4) is 0 Å². The summed E-state index contributed by atoms with van der Waals surface area (Å²) >= 11 is 0. The van der Waals surface area contributed by atoms with E-state index < -0.39 is 47.7 Å². The lowest BCUT2D eigenvalue weighted by Crippen LogP contribution is -2.58. The highest BCUT2D eigenvalue weighted by molar-refractivity contribution is 5.78. The molecule has 1 aliphatic carbocycles. The molecule has 2 saturated heterocycles. The lowest BCUT2D eigenvalue weighted by Gasteiger charge is -2.48. The first-order valence-electron chi connectivity index (χ1n) is 15.4. The van der Waals surface area contributed by atoms with Crippen molar-refractivity contribution in [1.82, 2.24) is 0 Å². The third kappa shape index (κ3) is 5.74. The number of rotatable bonds is 2. The van der Waals surface area contributed by atoms with Crippen LogP contribution in [0.1, 0.15) is 60.8 Å². The topological polar surface area (TPSA) is 104 Å². The monoisotopic (exact) mass is 584 g/mol. The Labute approximate surface area is 250 Å². The van der Waals surface area contributed by atoms with Crippen LogP contribution in [0.2, 0.25) is 0 Å². The van der Waals surface area contributed by atoms with Crippen molar-refractivity contribution in [1.29, 1.82) is 0 Å². The largest absolute Gasteiger partial charge is 0.462 e. The standard InChI is InChI=1S/C34H48O8/c1-19(2)29-22(5)13-14-33(42-29)17-26-16-25(41-33)12-11-21(4)28(35)20(3)9-8-10-24-18-39-31-30(38-7)23(6)15-27(32(36)40-26)34(24,31)37/h8-11,13-15,19-20,22,25-31,35,37H,12,16-18H2,1-7H3/b9-8+,21-11+,24-10+/t20-,22-,25+,26-,27?,28-,29+,30+,31+,33+,34+/m0/s1. The fraction of sp³-hybridized carbons (Fsp3) is 0.676. The van der Waals surface area contributed by atoms with Crippen molar-refractivity contribution in [2.24, 2.45) is 23.7 Å². The number of hydrogen-bond donors (Lipinski definition) is 2. The minimum Gasteiger partial charge on any atom is -0.462 e. The van der Waals surface area contributed by atoms with Crippen molar-refractivity contribution in [3.8, 4) is 0 Å². The molecule has 42 heavy (non-hydrogen) atoms. The molecule has 11 atom stereocenters. The van der Waals surface area contributed by atoms with Crippen molar-refractivity contribution in [2.45, 2.75) is 109 Å². The maximum absolute atomic E-state index is 14.0. The van der Waals surface area contributed by atoms with Gasteiger partial charge >= 0.3 is 5.97 Å². The summed E-state index contributed by atoms with van der Waals surface area (Å²) in [6.07, 6.45) is 12.0. The highest BCUT2D eigenvalue weighted by Crippen LogP contribution is 2.47. The van der Waals surface area contributed by atoms with Gasteiger partial charge in [-0.2, -0.15) is 0 Å². The van der Waals surface area contributed by atoms with Gasteiger partial charge in [-0.1, -0.05) is 64.2 Å². The fourth-order valence-electron chi connectivity index (χ4n) is 7.32. The van der Waals surface area contributed by atoms with Gasteiger partial charge in [0.05, 0.1) is 24.9 Å². The number of hydrogen-bond acceptors (Lipinski definition) is 8. The van der Waals surface area contributed by atoms with Crippen LogP contribution in [0, 0.1) is 23.7 Å². The van der Waals surface area contributed by atoms with Gasteiger partial charge in [0.1, 0.15) is 29.8 Å². The molecule has 2 N–H and O–H groups in total. The van der Waals surface area contributed by atoms with Gasteiger partial charge in [0, 0.05) is 31.8 Å². The third-order valence-corrected chi connectivity index (χ3v) is 9.73. The van der Waals surface area contributed by atoms with Crippen LogP contribution in [0.4, 0.5) is 0 Å². The number of esters is 1. The Morgan fingerprint density at radius 2 is 1.83 bits per heavy atom. The van der Waals surface area contributed by atoms with Crippen LogP contribution in [0.15, 0.2) is 59.3 Å². The second-order valence-electron chi connectivity index (χ2n) is 13.3. The molecule has 1 spiro atoms. The SMILES string of the molecule is CO[C@@H]1C(C)=CC2C(=O)O[C@H]3C[C@@H](C/C=C(\C)[C@@H](O)[C@@H](C)/C=C/C=C4\CO[C@H]1[C@@]42O)O[C@@]1(C=C[C@H](C)[C@@H](C(C)C)O1)C3. The lowest BCUT2D eigenvalue weighted by molar-refractivity contribution is -0.299. The molecule has 4 aliphatic heterocycles. The second kappa shape index (κ2) is 12.1.